The summed E-state index contributed by atoms with van der Waals surface area (Å²) in [5.74, 6) is 1.34. The van der Waals surface area contributed by atoms with Gasteiger partial charge in [-0.15, -0.1) is 0 Å². The number of benzene rings is 1. The summed E-state index contributed by atoms with van der Waals surface area (Å²) in [6, 6.07) is 9.57. The summed E-state index contributed by atoms with van der Waals surface area (Å²) < 4.78 is 10.8. The molecule has 0 saturated heterocycles. The Morgan fingerprint density at radius 2 is 2.19 bits per heavy atom. The van der Waals surface area contributed by atoms with Crippen LogP contribution in [0.2, 0.25) is 0 Å². The Morgan fingerprint density at radius 3 is 3.00 bits per heavy atom. The molecule has 4 nitrogen and oxygen atoms in total. The molecule has 0 bridgehead atoms. The molecule has 4 heteroatoms. The summed E-state index contributed by atoms with van der Waals surface area (Å²) >= 11 is 0. The van der Waals surface area contributed by atoms with Crippen molar-refractivity contribution in [2.24, 2.45) is 0 Å². The number of amides is 1. The van der Waals surface area contributed by atoms with Gasteiger partial charge in [-0.1, -0.05) is 6.07 Å². The van der Waals surface area contributed by atoms with Crippen molar-refractivity contribution in [2.45, 2.75) is 32.2 Å². The number of nitrogens with one attached hydrogen (secondary N) is 1. The summed E-state index contributed by atoms with van der Waals surface area (Å²) in [5.41, 5.74) is 2.75. The van der Waals surface area contributed by atoms with E-state index in [9.17, 15) is 4.79 Å². The maximum Gasteiger partial charge on any atom is 0.258 e. The molecule has 0 unspecified atom stereocenters. The van der Waals surface area contributed by atoms with Gasteiger partial charge in [-0.3, -0.25) is 4.79 Å². The number of carbonyl (C=O) groups is 1. The highest BCUT2D eigenvalue weighted by atomic mass is 16.5. The van der Waals surface area contributed by atoms with Gasteiger partial charge in [0.05, 0.1) is 12.3 Å². The minimum atomic E-state index is -0.156. The SMILES string of the molecule is C[C@H](NC(=O)COc1ccc2c(c1)CCC2)c1ccco1. The highest BCUT2D eigenvalue weighted by Gasteiger charge is 2.14. The zero-order chi connectivity index (χ0) is 14.7. The Bertz CT molecular complexity index is 619. The average Bonchev–Trinajstić information content (AvgIpc) is 3.15. The maximum atomic E-state index is 11.9. The molecule has 0 spiro atoms. The van der Waals surface area contributed by atoms with Crippen LogP contribution in [0.15, 0.2) is 41.0 Å². The normalized spacial score (nSPS) is 14.5. The molecular formula is C17H19NO3. The third-order valence-corrected chi connectivity index (χ3v) is 3.79. The summed E-state index contributed by atoms with van der Waals surface area (Å²) in [4.78, 5) is 11.9. The van der Waals surface area contributed by atoms with Crippen molar-refractivity contribution in [1.29, 1.82) is 0 Å². The molecule has 1 N–H and O–H groups in total. The summed E-state index contributed by atoms with van der Waals surface area (Å²) in [5, 5.41) is 2.85. The van der Waals surface area contributed by atoms with Crippen LogP contribution in [0.4, 0.5) is 0 Å². The van der Waals surface area contributed by atoms with Gasteiger partial charge in [0.2, 0.25) is 0 Å². The number of aryl methyl sites for hydroxylation is 2. The third kappa shape index (κ3) is 3.27. The summed E-state index contributed by atoms with van der Waals surface area (Å²) in [6.07, 6.45) is 5.06. The minimum Gasteiger partial charge on any atom is -0.484 e. The highest BCUT2D eigenvalue weighted by Crippen LogP contribution is 2.25. The lowest BCUT2D eigenvalue weighted by atomic mass is 10.1. The first-order valence-electron chi connectivity index (χ1n) is 7.30. The van der Waals surface area contributed by atoms with E-state index in [4.69, 9.17) is 9.15 Å². The molecule has 3 rings (SSSR count). The predicted molar refractivity (Wildman–Crippen MR) is 79.2 cm³/mol. The second-order valence-electron chi connectivity index (χ2n) is 5.38. The minimum absolute atomic E-state index is 0.0177. The van der Waals surface area contributed by atoms with E-state index in [1.807, 2.05) is 25.1 Å². The fourth-order valence-electron chi connectivity index (χ4n) is 2.68. The van der Waals surface area contributed by atoms with Crippen LogP contribution in [0.25, 0.3) is 0 Å². The van der Waals surface area contributed by atoms with Gasteiger partial charge < -0.3 is 14.5 Å². The Kier molecular flexibility index (Phi) is 3.95. The number of furan rings is 1. The van der Waals surface area contributed by atoms with E-state index in [1.54, 1.807) is 12.3 Å². The summed E-state index contributed by atoms with van der Waals surface area (Å²) in [7, 11) is 0. The smallest absolute Gasteiger partial charge is 0.258 e. The van der Waals surface area contributed by atoms with Crippen LogP contribution in [-0.2, 0) is 17.6 Å². The lowest BCUT2D eigenvalue weighted by molar-refractivity contribution is -0.123. The van der Waals surface area contributed by atoms with Crippen LogP contribution < -0.4 is 10.1 Å². The van der Waals surface area contributed by atoms with Gasteiger partial charge in [0.1, 0.15) is 11.5 Å². The van der Waals surface area contributed by atoms with Crippen molar-refractivity contribution in [3.63, 3.8) is 0 Å². The Morgan fingerprint density at radius 1 is 1.33 bits per heavy atom. The van der Waals surface area contributed by atoms with Crippen molar-refractivity contribution in [3.05, 3.63) is 53.5 Å². The van der Waals surface area contributed by atoms with Crippen molar-refractivity contribution < 1.29 is 13.9 Å². The number of fused-ring (bicyclic) bond motifs is 1. The number of hydrogen-bond donors (Lipinski definition) is 1. The fraction of sp³-hybridized carbons (Fsp3) is 0.353. The first kappa shape index (κ1) is 13.7. The lowest BCUT2D eigenvalue weighted by Gasteiger charge is -2.12. The molecule has 1 aromatic carbocycles. The number of rotatable bonds is 5. The second kappa shape index (κ2) is 6.04. The van der Waals surface area contributed by atoms with Gasteiger partial charge in [-0.2, -0.15) is 0 Å². The standard InChI is InChI=1S/C17H19NO3/c1-12(16-6-3-9-20-16)18-17(19)11-21-15-8-7-13-4-2-5-14(13)10-15/h3,6-10,12H,2,4-5,11H2,1H3,(H,18,19)/t12-/m0/s1. The van der Waals surface area contributed by atoms with Gasteiger partial charge in [0.15, 0.2) is 6.61 Å². The second-order valence-corrected chi connectivity index (χ2v) is 5.38. The highest BCUT2D eigenvalue weighted by molar-refractivity contribution is 5.77. The molecule has 2 aromatic rings. The van der Waals surface area contributed by atoms with Crippen LogP contribution in [0.1, 0.15) is 36.3 Å². The molecule has 1 amide bonds. The topological polar surface area (TPSA) is 51.5 Å². The molecule has 0 radical (unpaired) electrons. The first-order chi connectivity index (χ1) is 10.2. The maximum absolute atomic E-state index is 11.9. The Labute approximate surface area is 124 Å². The van der Waals surface area contributed by atoms with Crippen molar-refractivity contribution in [2.75, 3.05) is 6.61 Å². The monoisotopic (exact) mass is 285 g/mol. The molecule has 110 valence electrons. The molecule has 1 heterocycles. The van der Waals surface area contributed by atoms with E-state index in [0.29, 0.717) is 0 Å². The molecule has 0 aliphatic heterocycles. The lowest BCUT2D eigenvalue weighted by Crippen LogP contribution is -2.31. The van der Waals surface area contributed by atoms with Gasteiger partial charge in [-0.05, 0) is 61.6 Å². The van der Waals surface area contributed by atoms with Crippen LogP contribution in [0.5, 0.6) is 5.75 Å². The number of hydrogen-bond acceptors (Lipinski definition) is 3. The zero-order valence-corrected chi connectivity index (χ0v) is 12.1. The van der Waals surface area contributed by atoms with Gasteiger partial charge in [0.25, 0.3) is 5.91 Å². The molecule has 21 heavy (non-hydrogen) atoms. The quantitative estimate of drug-likeness (QED) is 0.918. The van der Waals surface area contributed by atoms with E-state index in [-0.39, 0.29) is 18.6 Å². The van der Waals surface area contributed by atoms with E-state index in [2.05, 4.69) is 11.4 Å². The molecule has 1 aliphatic rings. The van der Waals surface area contributed by atoms with Crippen molar-refractivity contribution >= 4 is 5.91 Å². The van der Waals surface area contributed by atoms with Crippen LogP contribution in [0, 0.1) is 0 Å². The van der Waals surface area contributed by atoms with E-state index in [0.717, 1.165) is 24.4 Å². The van der Waals surface area contributed by atoms with Crippen LogP contribution in [-0.4, -0.2) is 12.5 Å². The van der Waals surface area contributed by atoms with Gasteiger partial charge in [0, 0.05) is 0 Å². The molecular weight excluding hydrogens is 266 g/mol. The van der Waals surface area contributed by atoms with Crippen molar-refractivity contribution in [3.8, 4) is 5.75 Å². The predicted octanol–water partition coefficient (Wildman–Crippen LogP) is 3.02. The largest absolute Gasteiger partial charge is 0.484 e. The zero-order valence-electron chi connectivity index (χ0n) is 12.1. The van der Waals surface area contributed by atoms with E-state index < -0.39 is 0 Å². The number of ether oxygens (including phenoxy) is 1. The average molecular weight is 285 g/mol. The number of carbonyl (C=O) groups excluding carboxylic acids is 1. The third-order valence-electron chi connectivity index (χ3n) is 3.79. The van der Waals surface area contributed by atoms with E-state index >= 15 is 0 Å². The van der Waals surface area contributed by atoms with Crippen LogP contribution >= 0.6 is 0 Å². The van der Waals surface area contributed by atoms with Crippen molar-refractivity contribution in [1.82, 2.24) is 5.32 Å². The molecule has 1 aromatic heterocycles. The Hall–Kier alpha value is -2.23. The molecule has 0 fully saturated rings. The molecule has 0 saturated carbocycles. The first-order valence-corrected chi connectivity index (χ1v) is 7.30. The van der Waals surface area contributed by atoms with Gasteiger partial charge in [-0.25, -0.2) is 0 Å². The Balaban J connectivity index is 1.52. The molecule has 1 aliphatic carbocycles. The fourth-order valence-corrected chi connectivity index (χ4v) is 2.68. The van der Waals surface area contributed by atoms with Crippen LogP contribution in [0.3, 0.4) is 0 Å². The summed E-state index contributed by atoms with van der Waals surface area (Å²) in [6.45, 7) is 1.90. The van der Waals surface area contributed by atoms with Gasteiger partial charge >= 0.3 is 0 Å². The van der Waals surface area contributed by atoms with E-state index in [1.165, 1.54) is 17.5 Å². The molecule has 1 atom stereocenters.